The molecule has 0 spiro atoms. The maximum absolute atomic E-state index is 13.5. The third-order valence-electron chi connectivity index (χ3n) is 7.09. The van der Waals surface area contributed by atoms with E-state index in [0.717, 1.165) is 42.6 Å². The zero-order valence-electron chi connectivity index (χ0n) is 16.8. The van der Waals surface area contributed by atoms with E-state index >= 15 is 0 Å². The van der Waals surface area contributed by atoms with Crippen LogP contribution >= 0.6 is 23.4 Å². The number of halogens is 1. The minimum atomic E-state index is -0.142. The van der Waals surface area contributed by atoms with E-state index in [4.69, 9.17) is 16.3 Å². The van der Waals surface area contributed by atoms with E-state index in [1.54, 1.807) is 19.2 Å². The fraction of sp³-hybridized carbons (Fsp3) is 0.591. The van der Waals surface area contributed by atoms with Gasteiger partial charge in [0, 0.05) is 10.4 Å². The van der Waals surface area contributed by atoms with Gasteiger partial charge in [-0.2, -0.15) is 0 Å². The number of nitrogens with one attached hydrogen (secondary N) is 1. The van der Waals surface area contributed by atoms with Crippen molar-refractivity contribution >= 4 is 29.1 Å². The highest BCUT2D eigenvalue weighted by atomic mass is 35.5. The third kappa shape index (κ3) is 3.48. The Morgan fingerprint density at radius 3 is 2.52 bits per heavy atom. The predicted molar refractivity (Wildman–Crippen MR) is 114 cm³/mol. The largest absolute Gasteiger partial charge is 0.496 e. The second-order valence-corrected chi connectivity index (χ2v) is 10.9. The van der Waals surface area contributed by atoms with Crippen LogP contribution < -0.4 is 4.74 Å². The molecule has 1 aromatic heterocycles. The lowest BCUT2D eigenvalue weighted by Crippen LogP contribution is -2.51. The molecule has 4 saturated carbocycles. The first-order valence-electron chi connectivity index (χ1n) is 10.4. The summed E-state index contributed by atoms with van der Waals surface area (Å²) < 4.78 is 5.41. The Balaban J connectivity index is 1.33. The molecule has 4 fully saturated rings. The van der Waals surface area contributed by atoms with E-state index < -0.39 is 0 Å². The molecule has 1 heterocycles. The van der Waals surface area contributed by atoms with Crippen LogP contribution in [0.5, 0.6) is 5.75 Å². The third-order valence-corrected chi connectivity index (χ3v) is 8.29. The van der Waals surface area contributed by atoms with E-state index in [9.17, 15) is 4.79 Å². The number of aromatic amines is 1. The number of carbonyl (C=O) groups is 1. The normalized spacial score (nSPS) is 31.1. The minimum absolute atomic E-state index is 0.0868. The quantitative estimate of drug-likeness (QED) is 0.620. The second-order valence-electron chi connectivity index (χ2n) is 9.13. The van der Waals surface area contributed by atoms with Crippen molar-refractivity contribution in [2.75, 3.05) is 7.11 Å². The number of thioether (sulfide) groups is 1. The average Bonchev–Trinajstić information content (AvgIpc) is 3.14. The summed E-state index contributed by atoms with van der Waals surface area (Å²) in [7, 11) is 1.62. The van der Waals surface area contributed by atoms with Gasteiger partial charge >= 0.3 is 0 Å². The summed E-state index contributed by atoms with van der Waals surface area (Å²) in [6.45, 7) is 2.02. The van der Waals surface area contributed by atoms with Crippen molar-refractivity contribution < 1.29 is 9.53 Å². The van der Waals surface area contributed by atoms with Gasteiger partial charge in [-0.05, 0) is 81.4 Å². The molecule has 6 rings (SSSR count). The van der Waals surface area contributed by atoms with Crippen molar-refractivity contribution in [3.05, 3.63) is 23.2 Å². The molecule has 29 heavy (non-hydrogen) atoms. The summed E-state index contributed by atoms with van der Waals surface area (Å²) in [4.78, 5) is 18.1. The van der Waals surface area contributed by atoms with Crippen LogP contribution in [0.4, 0.5) is 0 Å². The minimum Gasteiger partial charge on any atom is -0.496 e. The van der Waals surface area contributed by atoms with Gasteiger partial charge in [0.25, 0.3) is 0 Å². The first kappa shape index (κ1) is 19.4. The molecule has 1 N–H and O–H groups in total. The summed E-state index contributed by atoms with van der Waals surface area (Å²) in [5.41, 5.74) is 0.677. The molecule has 1 aromatic carbocycles. The van der Waals surface area contributed by atoms with Gasteiger partial charge in [-0.1, -0.05) is 23.4 Å². The topological polar surface area (TPSA) is 67.9 Å². The Labute approximate surface area is 180 Å². The van der Waals surface area contributed by atoms with Crippen molar-refractivity contribution in [1.82, 2.24) is 15.2 Å². The zero-order chi connectivity index (χ0) is 20.2. The van der Waals surface area contributed by atoms with Crippen molar-refractivity contribution in [1.29, 1.82) is 0 Å². The summed E-state index contributed by atoms with van der Waals surface area (Å²) in [5.74, 6) is 4.00. The number of carbonyl (C=O) groups excluding carboxylic acids is 1. The summed E-state index contributed by atoms with van der Waals surface area (Å²) in [5, 5.41) is 8.37. The number of Topliss-reactive ketones (excluding diaryl/α,β-unsaturated/α-hetero) is 1. The molecule has 4 aliphatic carbocycles. The molecule has 5 nitrogen and oxygen atoms in total. The number of aromatic nitrogens is 3. The van der Waals surface area contributed by atoms with Crippen LogP contribution in [0.3, 0.4) is 0 Å². The Hall–Kier alpha value is -1.53. The Morgan fingerprint density at radius 1 is 1.24 bits per heavy atom. The molecule has 2 aromatic rings. The number of ketones is 1. The lowest BCUT2D eigenvalue weighted by molar-refractivity contribution is -0.142. The monoisotopic (exact) mass is 431 g/mol. The Morgan fingerprint density at radius 2 is 1.90 bits per heavy atom. The molecule has 0 amide bonds. The van der Waals surface area contributed by atoms with Crippen LogP contribution in [0.15, 0.2) is 23.4 Å². The number of benzene rings is 1. The highest BCUT2D eigenvalue weighted by Crippen LogP contribution is 2.61. The average molecular weight is 432 g/mol. The number of hydrogen-bond donors (Lipinski definition) is 1. The maximum atomic E-state index is 13.5. The van der Waals surface area contributed by atoms with Gasteiger partial charge in [0.05, 0.1) is 17.9 Å². The molecular formula is C22H26ClN3O2S. The van der Waals surface area contributed by atoms with Gasteiger partial charge in [0.2, 0.25) is 5.16 Å². The van der Waals surface area contributed by atoms with Crippen LogP contribution in [-0.4, -0.2) is 33.3 Å². The fourth-order valence-electron chi connectivity index (χ4n) is 6.34. The maximum Gasteiger partial charge on any atom is 0.209 e. The lowest BCUT2D eigenvalue weighted by atomic mass is 9.48. The number of methoxy groups -OCH3 is 1. The van der Waals surface area contributed by atoms with E-state index in [1.165, 1.54) is 31.0 Å². The Bertz CT molecular complexity index is 909. The SMILES string of the molecule is COc1ccc(Cl)cc1-c1nc(SC(C)C(=O)C23CC4CC(CC(C4)C2)C3)n[nH]1. The molecular weight excluding hydrogens is 406 g/mol. The van der Waals surface area contributed by atoms with Crippen LogP contribution in [-0.2, 0) is 4.79 Å². The van der Waals surface area contributed by atoms with Crippen molar-refractivity contribution in [3.8, 4) is 17.1 Å². The van der Waals surface area contributed by atoms with Gasteiger partial charge in [0.15, 0.2) is 11.6 Å². The molecule has 1 unspecified atom stereocenters. The van der Waals surface area contributed by atoms with E-state index in [-0.39, 0.29) is 10.7 Å². The smallest absolute Gasteiger partial charge is 0.209 e. The molecule has 0 aliphatic heterocycles. The number of nitrogens with zero attached hydrogens (tertiary/aromatic N) is 2. The van der Waals surface area contributed by atoms with Gasteiger partial charge in [-0.15, -0.1) is 5.10 Å². The van der Waals surface area contributed by atoms with E-state index in [1.807, 2.05) is 13.0 Å². The predicted octanol–water partition coefficient (Wildman–Crippen LogP) is 5.40. The van der Waals surface area contributed by atoms with Gasteiger partial charge in [-0.25, -0.2) is 4.98 Å². The fourth-order valence-corrected chi connectivity index (χ4v) is 7.43. The van der Waals surface area contributed by atoms with Crippen molar-refractivity contribution in [2.24, 2.45) is 23.2 Å². The van der Waals surface area contributed by atoms with Crippen LogP contribution in [0.2, 0.25) is 5.02 Å². The van der Waals surface area contributed by atoms with E-state index in [2.05, 4.69) is 15.2 Å². The molecule has 0 radical (unpaired) electrons. The highest BCUT2D eigenvalue weighted by Gasteiger charge is 2.55. The van der Waals surface area contributed by atoms with Gasteiger partial charge in [-0.3, -0.25) is 9.89 Å². The lowest BCUT2D eigenvalue weighted by Gasteiger charge is -2.56. The number of rotatable bonds is 6. The second kappa shape index (κ2) is 7.31. The molecule has 0 saturated heterocycles. The van der Waals surface area contributed by atoms with Crippen LogP contribution in [0.25, 0.3) is 11.4 Å². The summed E-state index contributed by atoms with van der Waals surface area (Å²) in [6, 6.07) is 5.40. The molecule has 154 valence electrons. The van der Waals surface area contributed by atoms with Crippen molar-refractivity contribution in [2.45, 2.75) is 55.9 Å². The summed E-state index contributed by atoms with van der Waals surface area (Å²) >= 11 is 7.60. The first-order chi connectivity index (χ1) is 14.0. The molecule has 4 aliphatic rings. The highest BCUT2D eigenvalue weighted by molar-refractivity contribution is 8.00. The standard InChI is InChI=1S/C22H26ClN3O2S/c1-12(19(27)22-9-13-5-14(10-22)7-15(6-13)11-22)29-21-24-20(25-26-21)17-8-16(23)3-4-18(17)28-2/h3-4,8,12-15H,5-7,9-11H2,1-2H3,(H,24,25,26). The Kier molecular flexibility index (Phi) is 4.90. The number of ether oxygens (including phenoxy) is 1. The summed E-state index contributed by atoms with van der Waals surface area (Å²) in [6.07, 6.45) is 7.34. The van der Waals surface area contributed by atoms with Crippen molar-refractivity contribution in [3.63, 3.8) is 0 Å². The number of H-pyrrole nitrogens is 1. The van der Waals surface area contributed by atoms with Crippen LogP contribution in [0, 0.1) is 23.2 Å². The molecule has 7 heteroatoms. The number of hydrogen-bond acceptors (Lipinski definition) is 5. The zero-order valence-corrected chi connectivity index (χ0v) is 18.4. The first-order valence-corrected chi connectivity index (χ1v) is 11.7. The van der Waals surface area contributed by atoms with Gasteiger partial charge < -0.3 is 4.74 Å². The van der Waals surface area contributed by atoms with Gasteiger partial charge in [0.1, 0.15) is 5.75 Å². The molecule has 1 atom stereocenters. The van der Waals surface area contributed by atoms with Crippen LogP contribution in [0.1, 0.15) is 45.4 Å². The molecule has 4 bridgehead atoms. The van der Waals surface area contributed by atoms with E-state index in [0.29, 0.717) is 27.5 Å².